The molecule has 2 rings (SSSR count). The van der Waals surface area contributed by atoms with Crippen LogP contribution in [0.15, 0.2) is 48.5 Å². The van der Waals surface area contributed by atoms with Gasteiger partial charge in [0.05, 0.1) is 25.7 Å². The second kappa shape index (κ2) is 15.4. The molecule has 0 bridgehead atoms. The van der Waals surface area contributed by atoms with Gasteiger partial charge >= 0.3 is 0 Å². The number of amides is 2. The van der Waals surface area contributed by atoms with Crippen LogP contribution in [-0.2, 0) is 26.2 Å². The first-order chi connectivity index (χ1) is 18.5. The SMILES string of the molecule is CCOc1ccccc1N(CCCC(=O)N(Cc1cccc(OC)c1)[C@@H](CC)C(=O)NCC(C)C)S(C)(=O)=O. The highest BCUT2D eigenvalue weighted by atomic mass is 32.2. The lowest BCUT2D eigenvalue weighted by Crippen LogP contribution is -2.49. The molecule has 0 unspecified atom stereocenters. The van der Waals surface area contributed by atoms with Gasteiger partial charge in [0.1, 0.15) is 17.5 Å². The molecule has 0 aliphatic rings. The summed E-state index contributed by atoms with van der Waals surface area (Å²) in [6.45, 7) is 8.96. The molecular weight excluding hydrogens is 518 g/mol. The van der Waals surface area contributed by atoms with Gasteiger partial charge in [-0.15, -0.1) is 0 Å². The maximum atomic E-state index is 13.6. The smallest absolute Gasteiger partial charge is 0.242 e. The maximum absolute atomic E-state index is 13.6. The van der Waals surface area contributed by atoms with Crippen molar-refractivity contribution in [3.05, 3.63) is 54.1 Å². The third-order valence-electron chi connectivity index (χ3n) is 6.14. The van der Waals surface area contributed by atoms with Crippen molar-refractivity contribution >= 4 is 27.5 Å². The first kappa shape index (κ1) is 31.9. The molecule has 9 nitrogen and oxygen atoms in total. The molecule has 0 aliphatic heterocycles. The standard InChI is InChI=1S/C29H43N3O6S/c1-7-25(29(34)30-20-22(3)4)31(21-23-13-11-14-24(19-23)37-5)28(33)17-12-18-32(39(6,35)36)26-15-9-10-16-27(26)38-8-2/h9-11,13-16,19,22,25H,7-8,12,17-18,20-21H2,1-6H3,(H,30,34)/t25-/m0/s1. The maximum Gasteiger partial charge on any atom is 0.242 e. The van der Waals surface area contributed by atoms with Crippen molar-refractivity contribution in [3.8, 4) is 11.5 Å². The Balaban J connectivity index is 2.27. The first-order valence-electron chi connectivity index (χ1n) is 13.4. The number of hydrogen-bond donors (Lipinski definition) is 1. The van der Waals surface area contributed by atoms with Crippen LogP contribution in [0.2, 0.25) is 0 Å². The molecule has 0 aliphatic carbocycles. The highest BCUT2D eigenvalue weighted by Crippen LogP contribution is 2.30. The molecule has 1 atom stereocenters. The lowest BCUT2D eigenvalue weighted by Gasteiger charge is -2.31. The van der Waals surface area contributed by atoms with Gasteiger partial charge in [-0.2, -0.15) is 0 Å². The van der Waals surface area contributed by atoms with Gasteiger partial charge in [0.15, 0.2) is 0 Å². The van der Waals surface area contributed by atoms with E-state index in [9.17, 15) is 18.0 Å². The summed E-state index contributed by atoms with van der Waals surface area (Å²) in [5, 5.41) is 2.95. The molecule has 2 aromatic carbocycles. The topological polar surface area (TPSA) is 105 Å². The fraction of sp³-hybridized carbons (Fsp3) is 0.517. The van der Waals surface area contributed by atoms with Crippen molar-refractivity contribution in [2.45, 2.75) is 59.5 Å². The highest BCUT2D eigenvalue weighted by Gasteiger charge is 2.29. The summed E-state index contributed by atoms with van der Waals surface area (Å²) in [4.78, 5) is 28.3. The van der Waals surface area contributed by atoms with E-state index in [2.05, 4.69) is 5.32 Å². The molecule has 0 heterocycles. The molecule has 39 heavy (non-hydrogen) atoms. The van der Waals surface area contributed by atoms with E-state index in [0.717, 1.165) is 11.8 Å². The molecule has 0 spiro atoms. The van der Waals surface area contributed by atoms with Crippen molar-refractivity contribution in [1.82, 2.24) is 10.2 Å². The lowest BCUT2D eigenvalue weighted by molar-refractivity contribution is -0.141. The van der Waals surface area contributed by atoms with E-state index in [1.807, 2.05) is 52.0 Å². The monoisotopic (exact) mass is 561 g/mol. The van der Waals surface area contributed by atoms with Gasteiger partial charge in [0.2, 0.25) is 21.8 Å². The Bertz CT molecular complexity index is 1190. The zero-order valence-corrected chi connectivity index (χ0v) is 24.8. The van der Waals surface area contributed by atoms with Crippen LogP contribution >= 0.6 is 0 Å². The predicted octanol–water partition coefficient (Wildman–Crippen LogP) is 4.22. The highest BCUT2D eigenvalue weighted by molar-refractivity contribution is 7.92. The van der Waals surface area contributed by atoms with Crippen molar-refractivity contribution in [2.75, 3.05) is 37.4 Å². The van der Waals surface area contributed by atoms with Crippen LogP contribution in [0.25, 0.3) is 0 Å². The number of ether oxygens (including phenoxy) is 2. The van der Waals surface area contributed by atoms with Gasteiger partial charge in [-0.25, -0.2) is 8.42 Å². The number of rotatable bonds is 16. The molecule has 0 saturated heterocycles. The largest absolute Gasteiger partial charge is 0.497 e. The lowest BCUT2D eigenvalue weighted by atomic mass is 10.1. The van der Waals surface area contributed by atoms with Crippen molar-refractivity contribution in [1.29, 1.82) is 0 Å². The van der Waals surface area contributed by atoms with E-state index in [0.29, 0.717) is 36.8 Å². The second-order valence-electron chi connectivity index (χ2n) is 9.78. The zero-order chi connectivity index (χ0) is 29.0. The molecule has 0 radical (unpaired) electrons. The molecular formula is C29H43N3O6S. The number of anilines is 1. The van der Waals surface area contributed by atoms with E-state index in [1.54, 1.807) is 36.3 Å². The van der Waals surface area contributed by atoms with E-state index < -0.39 is 16.1 Å². The number of para-hydroxylation sites is 2. The summed E-state index contributed by atoms with van der Waals surface area (Å²) in [6, 6.07) is 13.7. The summed E-state index contributed by atoms with van der Waals surface area (Å²) in [5.74, 6) is 0.968. The van der Waals surface area contributed by atoms with Crippen molar-refractivity contribution in [3.63, 3.8) is 0 Å². The molecule has 0 saturated carbocycles. The van der Waals surface area contributed by atoms with Crippen LogP contribution in [0.1, 0.15) is 52.5 Å². The third-order valence-corrected chi connectivity index (χ3v) is 7.32. The number of carbonyl (C=O) groups excluding carboxylic acids is 2. The van der Waals surface area contributed by atoms with Gasteiger partial charge in [-0.05, 0) is 55.5 Å². The van der Waals surface area contributed by atoms with Gasteiger partial charge in [-0.1, -0.05) is 45.0 Å². The summed E-state index contributed by atoms with van der Waals surface area (Å²) in [7, 11) is -2.06. The Morgan fingerprint density at radius 1 is 1.05 bits per heavy atom. The minimum atomic E-state index is -3.63. The zero-order valence-electron chi connectivity index (χ0n) is 24.0. The van der Waals surface area contributed by atoms with Crippen LogP contribution < -0.4 is 19.1 Å². The average Bonchev–Trinajstić information content (AvgIpc) is 2.89. The van der Waals surface area contributed by atoms with Crippen LogP contribution in [0.3, 0.4) is 0 Å². The quantitative estimate of drug-likeness (QED) is 0.329. The summed E-state index contributed by atoms with van der Waals surface area (Å²) < 4.78 is 37.6. The average molecular weight is 562 g/mol. The van der Waals surface area contributed by atoms with Crippen LogP contribution in [-0.4, -0.2) is 64.2 Å². The number of methoxy groups -OCH3 is 1. The number of sulfonamides is 1. The minimum Gasteiger partial charge on any atom is -0.497 e. The number of nitrogens with one attached hydrogen (secondary N) is 1. The van der Waals surface area contributed by atoms with E-state index >= 15 is 0 Å². The number of carbonyl (C=O) groups is 2. The van der Waals surface area contributed by atoms with Crippen molar-refractivity contribution < 1.29 is 27.5 Å². The Morgan fingerprint density at radius 2 is 1.77 bits per heavy atom. The summed E-state index contributed by atoms with van der Waals surface area (Å²) >= 11 is 0. The van der Waals surface area contributed by atoms with E-state index in [1.165, 1.54) is 4.31 Å². The minimum absolute atomic E-state index is 0.0702. The Hall–Kier alpha value is -3.27. The van der Waals surface area contributed by atoms with Crippen LogP contribution in [0.5, 0.6) is 11.5 Å². The van der Waals surface area contributed by atoms with Crippen LogP contribution in [0, 0.1) is 5.92 Å². The first-order valence-corrected chi connectivity index (χ1v) is 15.3. The van der Waals surface area contributed by atoms with Crippen molar-refractivity contribution in [2.24, 2.45) is 5.92 Å². The van der Waals surface area contributed by atoms with Gasteiger partial charge < -0.3 is 19.7 Å². The predicted molar refractivity (Wildman–Crippen MR) is 155 cm³/mol. The fourth-order valence-corrected chi connectivity index (χ4v) is 5.20. The van der Waals surface area contributed by atoms with Gasteiger partial charge in [-0.3, -0.25) is 13.9 Å². The Morgan fingerprint density at radius 3 is 2.38 bits per heavy atom. The Kier molecular flexibility index (Phi) is 12.6. The fourth-order valence-electron chi connectivity index (χ4n) is 4.23. The number of hydrogen-bond acceptors (Lipinski definition) is 6. The normalized spacial score (nSPS) is 12.1. The molecule has 10 heteroatoms. The molecule has 2 aromatic rings. The molecule has 0 aromatic heterocycles. The summed E-state index contributed by atoms with van der Waals surface area (Å²) in [6.07, 6.45) is 1.92. The van der Waals surface area contributed by atoms with E-state index in [4.69, 9.17) is 9.47 Å². The number of benzene rings is 2. The summed E-state index contributed by atoms with van der Waals surface area (Å²) in [5.41, 5.74) is 1.27. The second-order valence-corrected chi connectivity index (χ2v) is 11.7. The molecule has 0 fully saturated rings. The Labute approximate surface area is 233 Å². The molecule has 1 N–H and O–H groups in total. The van der Waals surface area contributed by atoms with Crippen LogP contribution in [0.4, 0.5) is 5.69 Å². The van der Waals surface area contributed by atoms with E-state index in [-0.39, 0.29) is 43.7 Å². The third kappa shape index (κ3) is 9.76. The van der Waals surface area contributed by atoms with Gasteiger partial charge in [0.25, 0.3) is 0 Å². The number of nitrogens with zero attached hydrogens (tertiary/aromatic N) is 2. The molecule has 2 amide bonds. The molecule has 216 valence electrons. The van der Waals surface area contributed by atoms with Gasteiger partial charge in [0, 0.05) is 26.1 Å².